The molecular formula is C13H26N2O2S. The molecule has 2 rings (SSSR count). The zero-order valence-electron chi connectivity index (χ0n) is 11.4. The van der Waals surface area contributed by atoms with Crippen molar-refractivity contribution < 1.29 is 8.42 Å². The first-order valence-electron chi connectivity index (χ1n) is 7.19. The van der Waals surface area contributed by atoms with Crippen molar-refractivity contribution in [3.8, 4) is 0 Å². The van der Waals surface area contributed by atoms with Crippen LogP contribution in [0, 0.1) is 5.41 Å². The molecule has 0 radical (unpaired) electrons. The third-order valence-corrected chi connectivity index (χ3v) is 7.19. The third kappa shape index (κ3) is 2.73. The summed E-state index contributed by atoms with van der Waals surface area (Å²) in [5.74, 6) is 0. The van der Waals surface area contributed by atoms with Gasteiger partial charge in [-0.25, -0.2) is 12.7 Å². The molecular weight excluding hydrogens is 248 g/mol. The lowest BCUT2D eigenvalue weighted by atomic mass is 9.68. The van der Waals surface area contributed by atoms with Gasteiger partial charge >= 0.3 is 0 Å². The van der Waals surface area contributed by atoms with Crippen LogP contribution in [0.25, 0.3) is 0 Å². The second kappa shape index (κ2) is 5.47. The molecule has 0 aromatic rings. The van der Waals surface area contributed by atoms with Crippen molar-refractivity contribution in [2.45, 2.75) is 57.1 Å². The van der Waals surface area contributed by atoms with Gasteiger partial charge in [-0.3, -0.25) is 0 Å². The van der Waals surface area contributed by atoms with Gasteiger partial charge in [0.25, 0.3) is 0 Å². The Labute approximate surface area is 111 Å². The van der Waals surface area contributed by atoms with Crippen molar-refractivity contribution in [3.05, 3.63) is 0 Å². The Morgan fingerprint density at radius 1 is 1.11 bits per heavy atom. The number of hydrogen-bond donors (Lipinski definition) is 1. The van der Waals surface area contributed by atoms with Crippen molar-refractivity contribution in [3.63, 3.8) is 0 Å². The van der Waals surface area contributed by atoms with Gasteiger partial charge in [0.15, 0.2) is 0 Å². The number of sulfonamides is 1. The molecule has 2 N–H and O–H groups in total. The lowest BCUT2D eigenvalue weighted by Crippen LogP contribution is -2.47. The van der Waals surface area contributed by atoms with Crippen LogP contribution in [-0.2, 0) is 10.0 Å². The molecule has 0 bridgehead atoms. The summed E-state index contributed by atoms with van der Waals surface area (Å²) in [6.07, 6.45) is 8.69. The first kappa shape index (κ1) is 14.3. The molecule has 1 unspecified atom stereocenters. The smallest absolute Gasteiger partial charge is 0.217 e. The number of hydrogen-bond acceptors (Lipinski definition) is 3. The monoisotopic (exact) mass is 274 g/mol. The van der Waals surface area contributed by atoms with Gasteiger partial charge in [0, 0.05) is 19.6 Å². The predicted molar refractivity (Wildman–Crippen MR) is 73.8 cm³/mol. The van der Waals surface area contributed by atoms with Crippen LogP contribution in [0.5, 0.6) is 0 Å². The van der Waals surface area contributed by atoms with Gasteiger partial charge < -0.3 is 5.73 Å². The molecule has 2 fully saturated rings. The van der Waals surface area contributed by atoms with Gasteiger partial charge in [0.05, 0.1) is 5.25 Å². The molecule has 1 spiro atoms. The van der Waals surface area contributed by atoms with Crippen LogP contribution >= 0.6 is 0 Å². The Hall–Kier alpha value is -0.130. The van der Waals surface area contributed by atoms with E-state index in [0.717, 1.165) is 12.8 Å². The van der Waals surface area contributed by atoms with E-state index in [1.165, 1.54) is 32.1 Å². The number of nitrogens with zero attached hydrogens (tertiary/aromatic N) is 1. The molecule has 0 aromatic carbocycles. The summed E-state index contributed by atoms with van der Waals surface area (Å²) in [5.41, 5.74) is 5.95. The summed E-state index contributed by atoms with van der Waals surface area (Å²) in [6.45, 7) is 3.32. The first-order chi connectivity index (χ1) is 8.50. The van der Waals surface area contributed by atoms with Crippen LogP contribution in [0.15, 0.2) is 0 Å². The minimum atomic E-state index is -3.16. The topological polar surface area (TPSA) is 63.4 Å². The van der Waals surface area contributed by atoms with E-state index in [0.29, 0.717) is 18.5 Å². The summed E-state index contributed by atoms with van der Waals surface area (Å²) in [5, 5.41) is -0.446. The molecule has 1 atom stereocenters. The molecule has 106 valence electrons. The van der Waals surface area contributed by atoms with Crippen molar-refractivity contribution >= 4 is 10.0 Å². The molecule has 1 aliphatic heterocycles. The molecule has 1 saturated heterocycles. The van der Waals surface area contributed by atoms with Crippen LogP contribution in [0.2, 0.25) is 0 Å². The summed E-state index contributed by atoms with van der Waals surface area (Å²) >= 11 is 0. The molecule has 5 heteroatoms. The van der Waals surface area contributed by atoms with E-state index in [9.17, 15) is 8.42 Å². The molecule has 0 amide bonds. The Kier molecular flexibility index (Phi) is 4.34. The fraction of sp³-hybridized carbons (Fsp3) is 1.00. The van der Waals surface area contributed by atoms with Gasteiger partial charge in [0.1, 0.15) is 0 Å². The van der Waals surface area contributed by atoms with Crippen molar-refractivity contribution in [1.82, 2.24) is 4.31 Å². The highest BCUT2D eigenvalue weighted by Gasteiger charge is 2.39. The Morgan fingerprint density at radius 2 is 1.67 bits per heavy atom. The number of piperidine rings is 1. The van der Waals surface area contributed by atoms with Gasteiger partial charge in [-0.1, -0.05) is 19.3 Å². The maximum Gasteiger partial charge on any atom is 0.217 e. The van der Waals surface area contributed by atoms with Crippen molar-refractivity contribution in [2.75, 3.05) is 19.6 Å². The second-order valence-electron chi connectivity index (χ2n) is 6.05. The van der Waals surface area contributed by atoms with Gasteiger partial charge in [0.2, 0.25) is 10.0 Å². The minimum Gasteiger partial charge on any atom is -0.329 e. The fourth-order valence-corrected chi connectivity index (χ4v) is 4.84. The normalized spacial score (nSPS) is 27.2. The standard InChI is InChI=1S/C13H26N2O2S/c1-12(11-14)18(16,17)15-9-7-13(8-10-15)5-3-2-4-6-13/h12H,2-11,14H2,1H3. The summed E-state index contributed by atoms with van der Waals surface area (Å²) < 4.78 is 26.1. The van der Waals surface area contributed by atoms with E-state index >= 15 is 0 Å². The summed E-state index contributed by atoms with van der Waals surface area (Å²) in [6, 6.07) is 0. The molecule has 18 heavy (non-hydrogen) atoms. The maximum atomic E-state index is 12.2. The zero-order valence-corrected chi connectivity index (χ0v) is 12.2. The average molecular weight is 274 g/mol. The first-order valence-corrected chi connectivity index (χ1v) is 8.70. The van der Waals surface area contributed by atoms with Gasteiger partial charge in [-0.15, -0.1) is 0 Å². The Bertz CT molecular complexity index is 364. The van der Waals surface area contributed by atoms with Crippen LogP contribution < -0.4 is 5.73 Å². The van der Waals surface area contributed by atoms with E-state index in [1.807, 2.05) is 0 Å². The third-order valence-electron chi connectivity index (χ3n) is 4.90. The molecule has 1 aliphatic carbocycles. The maximum absolute atomic E-state index is 12.2. The average Bonchev–Trinajstić information content (AvgIpc) is 2.39. The molecule has 0 aromatic heterocycles. The predicted octanol–water partition coefficient (Wildman–Crippen LogP) is 1.71. The van der Waals surface area contributed by atoms with E-state index in [-0.39, 0.29) is 6.54 Å². The molecule has 1 heterocycles. The number of rotatable bonds is 3. The van der Waals surface area contributed by atoms with Crippen molar-refractivity contribution in [2.24, 2.45) is 11.1 Å². The highest BCUT2D eigenvalue weighted by molar-refractivity contribution is 7.89. The molecule has 2 aliphatic rings. The number of nitrogens with two attached hydrogens (primary N) is 1. The second-order valence-corrected chi connectivity index (χ2v) is 8.40. The lowest BCUT2D eigenvalue weighted by molar-refractivity contribution is 0.102. The van der Waals surface area contributed by atoms with Crippen LogP contribution in [0.4, 0.5) is 0 Å². The SMILES string of the molecule is CC(CN)S(=O)(=O)N1CCC2(CCCCC2)CC1. The largest absolute Gasteiger partial charge is 0.329 e. The van der Waals surface area contributed by atoms with E-state index < -0.39 is 15.3 Å². The Morgan fingerprint density at radius 3 is 2.17 bits per heavy atom. The van der Waals surface area contributed by atoms with E-state index in [1.54, 1.807) is 11.2 Å². The summed E-state index contributed by atoms with van der Waals surface area (Å²) in [4.78, 5) is 0. The highest BCUT2D eigenvalue weighted by atomic mass is 32.2. The van der Waals surface area contributed by atoms with E-state index in [2.05, 4.69) is 0 Å². The Balaban J connectivity index is 1.98. The van der Waals surface area contributed by atoms with Gasteiger partial charge in [-0.05, 0) is 38.0 Å². The van der Waals surface area contributed by atoms with E-state index in [4.69, 9.17) is 5.73 Å². The van der Waals surface area contributed by atoms with Gasteiger partial charge in [-0.2, -0.15) is 0 Å². The zero-order chi connectivity index (χ0) is 13.2. The minimum absolute atomic E-state index is 0.212. The van der Waals surface area contributed by atoms with Crippen LogP contribution in [0.1, 0.15) is 51.9 Å². The fourth-order valence-electron chi connectivity index (χ4n) is 3.39. The van der Waals surface area contributed by atoms with Crippen LogP contribution in [-0.4, -0.2) is 37.6 Å². The highest BCUT2D eigenvalue weighted by Crippen LogP contribution is 2.44. The summed E-state index contributed by atoms with van der Waals surface area (Å²) in [7, 11) is -3.16. The van der Waals surface area contributed by atoms with Crippen molar-refractivity contribution in [1.29, 1.82) is 0 Å². The lowest BCUT2D eigenvalue weighted by Gasteiger charge is -2.44. The van der Waals surface area contributed by atoms with Crippen LogP contribution in [0.3, 0.4) is 0 Å². The molecule has 1 saturated carbocycles. The quantitative estimate of drug-likeness (QED) is 0.852. The molecule has 4 nitrogen and oxygen atoms in total.